The lowest BCUT2D eigenvalue weighted by Gasteiger charge is -2.21. The fraction of sp³-hybridized carbons (Fsp3) is 0.840. The minimum Gasteiger partial charge on any atom is -0.481 e. The van der Waals surface area contributed by atoms with Crippen LogP contribution in [0.5, 0.6) is 0 Å². The molecule has 0 bridgehead atoms. The van der Waals surface area contributed by atoms with Crippen molar-refractivity contribution in [2.45, 2.75) is 110 Å². The number of amides is 2. The zero-order valence-corrected chi connectivity index (χ0v) is 21.8. The first kappa shape index (κ1) is 31.4. The number of Topliss-reactive ketones (excluding diaryl/α,β-unsaturated/α-hetero) is 1. The van der Waals surface area contributed by atoms with Crippen molar-refractivity contribution in [3.8, 4) is 0 Å². The summed E-state index contributed by atoms with van der Waals surface area (Å²) in [6, 6.07) is -0.505. The zero-order chi connectivity index (χ0) is 24.9. The van der Waals surface area contributed by atoms with Gasteiger partial charge in [-0.2, -0.15) is 11.8 Å². The van der Waals surface area contributed by atoms with Crippen LogP contribution in [0.3, 0.4) is 0 Å². The summed E-state index contributed by atoms with van der Waals surface area (Å²) in [4.78, 5) is 46.7. The fourth-order valence-corrected chi connectivity index (χ4v) is 4.34. The number of carbonyl (C=O) groups is 4. The highest BCUT2D eigenvalue weighted by Crippen LogP contribution is 2.11. The summed E-state index contributed by atoms with van der Waals surface area (Å²) in [5.74, 6) is -0.146. The minimum atomic E-state index is -0.720. The normalized spacial score (nSPS) is 12.7. The number of unbranched alkanes of at least 4 members (excludes halogenated alkanes) is 9. The molecule has 33 heavy (non-hydrogen) atoms. The van der Waals surface area contributed by atoms with Crippen molar-refractivity contribution in [1.82, 2.24) is 10.6 Å². The first-order valence-electron chi connectivity index (χ1n) is 12.6. The Labute approximate surface area is 204 Å². The summed E-state index contributed by atoms with van der Waals surface area (Å²) in [5.41, 5.74) is 0. The van der Waals surface area contributed by atoms with Crippen LogP contribution in [0, 0.1) is 5.92 Å². The van der Waals surface area contributed by atoms with E-state index in [0.29, 0.717) is 24.5 Å². The Morgan fingerprint density at radius 2 is 1.45 bits per heavy atom. The maximum Gasteiger partial charge on any atom is 0.303 e. The first-order chi connectivity index (χ1) is 15.8. The van der Waals surface area contributed by atoms with Crippen LogP contribution in [0.2, 0.25) is 0 Å². The van der Waals surface area contributed by atoms with E-state index >= 15 is 0 Å². The van der Waals surface area contributed by atoms with Crippen LogP contribution < -0.4 is 10.6 Å². The molecular weight excluding hydrogens is 440 g/mol. The topological polar surface area (TPSA) is 113 Å². The Morgan fingerprint density at radius 3 is 2.03 bits per heavy atom. The molecule has 2 atom stereocenters. The number of rotatable bonds is 22. The molecule has 7 nitrogen and oxygen atoms in total. The van der Waals surface area contributed by atoms with Gasteiger partial charge in [-0.3, -0.25) is 19.2 Å². The molecule has 0 aromatic heterocycles. The van der Waals surface area contributed by atoms with Crippen molar-refractivity contribution in [1.29, 1.82) is 0 Å². The van der Waals surface area contributed by atoms with Crippen LogP contribution in [-0.2, 0) is 19.2 Å². The van der Waals surface area contributed by atoms with Crippen LogP contribution >= 0.6 is 11.8 Å². The van der Waals surface area contributed by atoms with Crippen LogP contribution in [0.25, 0.3) is 0 Å². The summed E-state index contributed by atoms with van der Waals surface area (Å²) in [7, 11) is 0. The number of ketones is 1. The van der Waals surface area contributed by atoms with Crippen molar-refractivity contribution >= 4 is 35.3 Å². The van der Waals surface area contributed by atoms with Gasteiger partial charge in [-0.15, -0.1) is 0 Å². The molecular formula is C25H46N2O5S. The van der Waals surface area contributed by atoms with Gasteiger partial charge in [0.15, 0.2) is 0 Å². The van der Waals surface area contributed by atoms with E-state index in [4.69, 9.17) is 5.11 Å². The number of hydrogen-bond donors (Lipinski definition) is 3. The minimum absolute atomic E-state index is 0.0974. The molecule has 2 amide bonds. The van der Waals surface area contributed by atoms with Crippen molar-refractivity contribution in [2.24, 2.45) is 5.92 Å². The van der Waals surface area contributed by atoms with Gasteiger partial charge in [0.2, 0.25) is 11.8 Å². The van der Waals surface area contributed by atoms with Gasteiger partial charge in [-0.25, -0.2) is 0 Å². The summed E-state index contributed by atoms with van der Waals surface area (Å²) >= 11 is 1.45. The van der Waals surface area contributed by atoms with E-state index < -0.39 is 12.0 Å². The van der Waals surface area contributed by atoms with Gasteiger partial charge >= 0.3 is 5.97 Å². The molecule has 0 aliphatic heterocycles. The average molecular weight is 487 g/mol. The molecule has 0 saturated heterocycles. The van der Waals surface area contributed by atoms with E-state index in [2.05, 4.69) is 17.6 Å². The Hall–Kier alpha value is -1.57. The summed E-state index contributed by atoms with van der Waals surface area (Å²) in [6.07, 6.45) is 12.0. The number of thioether (sulfide) groups is 1. The lowest BCUT2D eigenvalue weighted by atomic mass is 10.1. The number of carbonyl (C=O) groups excluding carboxylic acids is 3. The van der Waals surface area contributed by atoms with Gasteiger partial charge in [0.05, 0.1) is 5.75 Å². The smallest absolute Gasteiger partial charge is 0.303 e. The molecule has 0 aliphatic carbocycles. The molecule has 192 valence electrons. The number of aliphatic carboxylic acids is 1. The molecule has 8 heteroatoms. The molecule has 0 unspecified atom stereocenters. The molecule has 0 fully saturated rings. The van der Waals surface area contributed by atoms with Crippen LogP contribution in [0.15, 0.2) is 0 Å². The highest BCUT2D eigenvalue weighted by atomic mass is 32.2. The molecule has 0 aliphatic rings. The Morgan fingerprint density at radius 1 is 0.848 bits per heavy atom. The highest BCUT2D eigenvalue weighted by Gasteiger charge is 2.23. The summed E-state index contributed by atoms with van der Waals surface area (Å²) in [5, 5.41) is 14.5. The van der Waals surface area contributed by atoms with E-state index in [1.807, 2.05) is 6.92 Å². The predicted molar refractivity (Wildman–Crippen MR) is 135 cm³/mol. The zero-order valence-electron chi connectivity index (χ0n) is 21.0. The van der Waals surface area contributed by atoms with Gasteiger partial charge in [0.1, 0.15) is 11.8 Å². The third-order valence-electron chi connectivity index (χ3n) is 5.47. The predicted octanol–water partition coefficient (Wildman–Crippen LogP) is 4.72. The van der Waals surface area contributed by atoms with Crippen molar-refractivity contribution in [2.75, 3.05) is 18.1 Å². The third-order valence-corrected chi connectivity index (χ3v) is 6.81. The fourth-order valence-electron chi connectivity index (χ4n) is 3.43. The lowest BCUT2D eigenvalue weighted by Crippen LogP contribution is -2.48. The van der Waals surface area contributed by atoms with E-state index in [-0.39, 0.29) is 29.9 Å². The van der Waals surface area contributed by atoms with Crippen LogP contribution in [0.4, 0.5) is 0 Å². The molecule has 0 aromatic rings. The maximum atomic E-state index is 12.7. The number of nitrogens with one attached hydrogen (secondary N) is 2. The van der Waals surface area contributed by atoms with Crippen molar-refractivity contribution in [3.63, 3.8) is 0 Å². The maximum absolute atomic E-state index is 12.7. The summed E-state index contributed by atoms with van der Waals surface area (Å²) < 4.78 is 0. The number of carboxylic acids is 1. The van der Waals surface area contributed by atoms with Crippen molar-refractivity contribution in [3.05, 3.63) is 0 Å². The molecule has 0 radical (unpaired) electrons. The molecule has 0 aromatic carbocycles. The second-order valence-corrected chi connectivity index (χ2v) is 9.97. The Kier molecular flexibility index (Phi) is 20.0. The summed E-state index contributed by atoms with van der Waals surface area (Å²) in [6.45, 7) is 6.09. The van der Waals surface area contributed by atoms with Gasteiger partial charge in [0, 0.05) is 24.6 Å². The Balaban J connectivity index is 4.14. The lowest BCUT2D eigenvalue weighted by molar-refractivity contribution is -0.137. The SMILES string of the molecule is CCCCC[C@H](NC(=O)[C@@H](C)CSCC(C)=O)C(=O)NCCCCCCCCCCC(=O)O. The second kappa shape index (κ2) is 21.0. The van der Waals surface area contributed by atoms with Crippen LogP contribution in [0.1, 0.15) is 104 Å². The average Bonchev–Trinajstić information content (AvgIpc) is 2.76. The third kappa shape index (κ3) is 19.6. The molecule has 0 heterocycles. The van der Waals surface area contributed by atoms with Crippen molar-refractivity contribution < 1.29 is 24.3 Å². The standard InChI is InChI=1S/C25H46N2O5S/c1-4-5-12-15-22(27-24(31)20(2)18-33-19-21(3)28)25(32)26-17-14-11-9-7-6-8-10-13-16-23(29)30/h20,22H,4-19H2,1-3H3,(H,26,32)(H,27,31)(H,29,30)/t20-,22-/m0/s1. The number of carboxylic acid groups (broad SMARTS) is 1. The molecule has 0 spiro atoms. The largest absolute Gasteiger partial charge is 0.481 e. The monoisotopic (exact) mass is 486 g/mol. The number of hydrogen-bond acceptors (Lipinski definition) is 5. The second-order valence-electron chi connectivity index (χ2n) is 8.94. The highest BCUT2D eigenvalue weighted by molar-refractivity contribution is 7.99. The van der Waals surface area contributed by atoms with Gasteiger partial charge in [-0.1, -0.05) is 71.6 Å². The van der Waals surface area contributed by atoms with E-state index in [0.717, 1.165) is 70.6 Å². The van der Waals surface area contributed by atoms with E-state index in [9.17, 15) is 19.2 Å². The molecule has 0 saturated carbocycles. The van der Waals surface area contributed by atoms with Gasteiger partial charge < -0.3 is 15.7 Å². The van der Waals surface area contributed by atoms with Gasteiger partial charge in [-0.05, 0) is 26.2 Å². The Bertz CT molecular complexity index is 571. The van der Waals surface area contributed by atoms with Gasteiger partial charge in [0.25, 0.3) is 0 Å². The molecule has 3 N–H and O–H groups in total. The quantitative estimate of drug-likeness (QED) is 0.191. The van der Waals surface area contributed by atoms with E-state index in [1.165, 1.54) is 18.7 Å². The first-order valence-corrected chi connectivity index (χ1v) is 13.8. The molecule has 0 rings (SSSR count). The van der Waals surface area contributed by atoms with Crippen LogP contribution in [-0.4, -0.2) is 52.8 Å². The van der Waals surface area contributed by atoms with E-state index in [1.54, 1.807) is 0 Å².